The van der Waals surface area contributed by atoms with E-state index in [-0.39, 0.29) is 0 Å². The minimum Gasteiger partial charge on any atom is -0.120 e. The van der Waals surface area contributed by atoms with Crippen molar-refractivity contribution in [3.63, 3.8) is 0 Å². The number of hydrogen-bond donors (Lipinski definition) is 0. The Morgan fingerprint density at radius 2 is 2.25 bits per heavy atom. The number of unbranched alkanes of at least 4 members (excludes halogenated alkanes) is 1. The zero-order valence-electron chi connectivity index (χ0n) is 8.34. The summed E-state index contributed by atoms with van der Waals surface area (Å²) in [5.74, 6) is 3.95. The van der Waals surface area contributed by atoms with Crippen LogP contribution < -0.4 is 0 Å². The molecule has 0 saturated carbocycles. The van der Waals surface area contributed by atoms with Crippen molar-refractivity contribution in [3.8, 4) is 12.3 Å². The quantitative estimate of drug-likeness (QED) is 0.415. The van der Waals surface area contributed by atoms with Crippen LogP contribution in [-0.4, -0.2) is 0 Å². The normalized spacial score (nSPS) is 14.8. The average Bonchev–Trinajstić information content (AvgIpc) is 2.11. The lowest BCUT2D eigenvalue weighted by molar-refractivity contribution is 0.388. The fourth-order valence-corrected chi connectivity index (χ4v) is 1.36. The first-order valence-corrected chi connectivity index (χ1v) is 4.82. The van der Waals surface area contributed by atoms with Crippen molar-refractivity contribution in [1.29, 1.82) is 0 Å². The van der Waals surface area contributed by atoms with E-state index in [1.165, 1.54) is 19.3 Å². The van der Waals surface area contributed by atoms with Gasteiger partial charge >= 0.3 is 0 Å². The van der Waals surface area contributed by atoms with Crippen molar-refractivity contribution >= 4 is 0 Å². The SMILES string of the molecule is C#CCC(CCCC)C(C)C=C. The van der Waals surface area contributed by atoms with Crippen LogP contribution in [0.1, 0.15) is 39.5 Å². The van der Waals surface area contributed by atoms with Crippen molar-refractivity contribution < 1.29 is 0 Å². The lowest BCUT2D eigenvalue weighted by Crippen LogP contribution is -2.08. The Balaban J connectivity index is 3.86. The van der Waals surface area contributed by atoms with E-state index < -0.39 is 0 Å². The summed E-state index contributed by atoms with van der Waals surface area (Å²) in [5, 5.41) is 0. The predicted octanol–water partition coefficient (Wildman–Crippen LogP) is 3.64. The highest BCUT2D eigenvalue weighted by atomic mass is 14.2. The van der Waals surface area contributed by atoms with Gasteiger partial charge in [0.25, 0.3) is 0 Å². The Morgan fingerprint density at radius 3 is 2.67 bits per heavy atom. The highest BCUT2D eigenvalue weighted by Crippen LogP contribution is 2.22. The smallest absolute Gasteiger partial charge is 0.0120 e. The van der Waals surface area contributed by atoms with Gasteiger partial charge in [0.2, 0.25) is 0 Å². The van der Waals surface area contributed by atoms with E-state index in [1.54, 1.807) is 0 Å². The summed E-state index contributed by atoms with van der Waals surface area (Å²) < 4.78 is 0. The Hall–Kier alpha value is -0.700. The molecule has 0 aromatic carbocycles. The molecule has 0 spiro atoms. The van der Waals surface area contributed by atoms with Gasteiger partial charge in [0.1, 0.15) is 0 Å². The van der Waals surface area contributed by atoms with Gasteiger partial charge in [-0.15, -0.1) is 18.9 Å². The number of hydrogen-bond acceptors (Lipinski definition) is 0. The van der Waals surface area contributed by atoms with E-state index in [0.29, 0.717) is 11.8 Å². The second-order valence-electron chi connectivity index (χ2n) is 3.41. The lowest BCUT2D eigenvalue weighted by atomic mass is 9.87. The van der Waals surface area contributed by atoms with Gasteiger partial charge in [0.15, 0.2) is 0 Å². The minimum absolute atomic E-state index is 0.563. The van der Waals surface area contributed by atoms with Gasteiger partial charge < -0.3 is 0 Å². The number of terminal acetylenes is 1. The third kappa shape index (κ3) is 4.23. The zero-order valence-corrected chi connectivity index (χ0v) is 8.34. The first-order valence-electron chi connectivity index (χ1n) is 4.82. The molecule has 68 valence electrons. The zero-order chi connectivity index (χ0) is 9.40. The Morgan fingerprint density at radius 1 is 1.58 bits per heavy atom. The summed E-state index contributed by atoms with van der Waals surface area (Å²) in [5.41, 5.74) is 0. The van der Waals surface area contributed by atoms with Crippen LogP contribution in [0, 0.1) is 24.2 Å². The maximum Gasteiger partial charge on any atom is 0.0120 e. The van der Waals surface area contributed by atoms with E-state index in [0.717, 1.165) is 6.42 Å². The van der Waals surface area contributed by atoms with E-state index in [9.17, 15) is 0 Å². The minimum atomic E-state index is 0.563. The van der Waals surface area contributed by atoms with Gasteiger partial charge in [-0.05, 0) is 18.3 Å². The van der Waals surface area contributed by atoms with Gasteiger partial charge in [-0.2, -0.15) is 0 Å². The van der Waals surface area contributed by atoms with Gasteiger partial charge in [-0.25, -0.2) is 0 Å². The topological polar surface area (TPSA) is 0 Å². The molecule has 0 radical (unpaired) electrons. The summed E-state index contributed by atoms with van der Waals surface area (Å²) in [6.45, 7) is 8.22. The molecule has 0 aliphatic rings. The summed E-state index contributed by atoms with van der Waals surface area (Å²) in [6, 6.07) is 0. The molecule has 0 aromatic heterocycles. The maximum absolute atomic E-state index is 5.31. The summed E-state index contributed by atoms with van der Waals surface area (Å²) in [4.78, 5) is 0. The van der Waals surface area contributed by atoms with Crippen molar-refractivity contribution in [2.24, 2.45) is 11.8 Å². The molecule has 0 amide bonds. The van der Waals surface area contributed by atoms with Crippen LogP contribution in [-0.2, 0) is 0 Å². The van der Waals surface area contributed by atoms with Crippen LogP contribution in [0.3, 0.4) is 0 Å². The first-order chi connectivity index (χ1) is 5.76. The van der Waals surface area contributed by atoms with Crippen LogP contribution in [0.5, 0.6) is 0 Å². The third-order valence-corrected chi connectivity index (χ3v) is 2.42. The second kappa shape index (κ2) is 6.98. The largest absolute Gasteiger partial charge is 0.120 e. The molecular weight excluding hydrogens is 144 g/mol. The average molecular weight is 164 g/mol. The fourth-order valence-electron chi connectivity index (χ4n) is 1.36. The summed E-state index contributed by atoms with van der Waals surface area (Å²) >= 11 is 0. The highest BCUT2D eigenvalue weighted by Gasteiger charge is 2.12. The van der Waals surface area contributed by atoms with Crippen molar-refractivity contribution in [2.45, 2.75) is 39.5 Å². The molecule has 0 fully saturated rings. The maximum atomic E-state index is 5.31. The molecule has 2 atom stereocenters. The monoisotopic (exact) mass is 164 g/mol. The molecule has 0 aliphatic carbocycles. The molecule has 12 heavy (non-hydrogen) atoms. The first kappa shape index (κ1) is 11.3. The molecule has 0 heterocycles. The standard InChI is InChI=1S/C12H20/c1-5-8-10-12(9-6-2)11(4)7-3/h2,7,11-12H,3,5,8-10H2,1,4H3. The van der Waals surface area contributed by atoms with Crippen molar-refractivity contribution in [1.82, 2.24) is 0 Å². The van der Waals surface area contributed by atoms with E-state index >= 15 is 0 Å². The van der Waals surface area contributed by atoms with E-state index in [1.807, 2.05) is 6.08 Å². The van der Waals surface area contributed by atoms with Crippen LogP contribution in [0.15, 0.2) is 12.7 Å². The van der Waals surface area contributed by atoms with E-state index in [4.69, 9.17) is 6.42 Å². The lowest BCUT2D eigenvalue weighted by Gasteiger charge is -2.18. The number of allylic oxidation sites excluding steroid dienone is 1. The number of rotatable bonds is 6. The molecule has 2 unspecified atom stereocenters. The van der Waals surface area contributed by atoms with Gasteiger partial charge in [-0.3, -0.25) is 0 Å². The molecule has 0 rings (SSSR count). The van der Waals surface area contributed by atoms with E-state index in [2.05, 4.69) is 26.3 Å². The van der Waals surface area contributed by atoms with Crippen molar-refractivity contribution in [3.05, 3.63) is 12.7 Å². The molecule has 0 N–H and O–H groups in total. The molecule has 0 heteroatoms. The fraction of sp³-hybridized carbons (Fsp3) is 0.667. The third-order valence-electron chi connectivity index (χ3n) is 2.42. The van der Waals surface area contributed by atoms with Gasteiger partial charge in [0, 0.05) is 6.42 Å². The molecule has 0 nitrogen and oxygen atoms in total. The van der Waals surface area contributed by atoms with Crippen LogP contribution in [0.2, 0.25) is 0 Å². The molecule has 0 aliphatic heterocycles. The second-order valence-corrected chi connectivity index (χ2v) is 3.41. The molecular formula is C12H20. The Bertz CT molecular complexity index is 150. The summed E-state index contributed by atoms with van der Waals surface area (Å²) in [6.07, 6.45) is 12.0. The molecule has 0 saturated heterocycles. The Labute approximate surface area is 77.1 Å². The van der Waals surface area contributed by atoms with Gasteiger partial charge in [0.05, 0.1) is 0 Å². The summed E-state index contributed by atoms with van der Waals surface area (Å²) in [7, 11) is 0. The highest BCUT2D eigenvalue weighted by molar-refractivity contribution is 4.92. The predicted molar refractivity (Wildman–Crippen MR) is 55.8 cm³/mol. The van der Waals surface area contributed by atoms with Crippen LogP contribution >= 0.6 is 0 Å². The van der Waals surface area contributed by atoms with Crippen molar-refractivity contribution in [2.75, 3.05) is 0 Å². The van der Waals surface area contributed by atoms with Crippen LogP contribution in [0.4, 0.5) is 0 Å². The Kier molecular flexibility index (Phi) is 6.57. The molecule has 0 bridgehead atoms. The van der Waals surface area contributed by atoms with Crippen LogP contribution in [0.25, 0.3) is 0 Å². The van der Waals surface area contributed by atoms with Gasteiger partial charge in [-0.1, -0.05) is 32.8 Å². The molecule has 0 aromatic rings.